The van der Waals surface area contributed by atoms with E-state index in [9.17, 15) is 9.59 Å². The minimum Gasteiger partial charge on any atom is -0.481 e. The average Bonchev–Trinajstić information content (AvgIpc) is 2.88. The van der Waals surface area contributed by atoms with Gasteiger partial charge in [-0.3, -0.25) is 9.69 Å². The molecule has 0 spiro atoms. The SMILES string of the molecule is CCCN1CCN(C(=O)NC2CCCC2C(=O)O)CC1. The number of hydrogen-bond donors (Lipinski definition) is 2. The van der Waals surface area contributed by atoms with Crippen LogP contribution >= 0.6 is 0 Å². The maximum Gasteiger partial charge on any atom is 0.317 e. The first-order chi connectivity index (χ1) is 9.61. The molecule has 0 radical (unpaired) electrons. The van der Waals surface area contributed by atoms with Gasteiger partial charge in [0.15, 0.2) is 0 Å². The van der Waals surface area contributed by atoms with Crippen molar-refractivity contribution in [1.29, 1.82) is 0 Å². The molecule has 1 heterocycles. The molecule has 2 atom stereocenters. The zero-order valence-corrected chi connectivity index (χ0v) is 12.2. The van der Waals surface area contributed by atoms with E-state index in [0.29, 0.717) is 6.42 Å². The first-order valence-corrected chi connectivity index (χ1v) is 7.62. The van der Waals surface area contributed by atoms with Crippen molar-refractivity contribution in [2.45, 2.75) is 38.6 Å². The molecule has 2 rings (SSSR count). The average molecular weight is 283 g/mol. The van der Waals surface area contributed by atoms with Crippen LogP contribution in [0.5, 0.6) is 0 Å². The monoisotopic (exact) mass is 283 g/mol. The minimum atomic E-state index is -0.791. The van der Waals surface area contributed by atoms with E-state index >= 15 is 0 Å². The van der Waals surface area contributed by atoms with E-state index in [0.717, 1.165) is 52.0 Å². The number of carbonyl (C=O) groups is 2. The Kier molecular flexibility index (Phi) is 5.23. The third kappa shape index (κ3) is 3.62. The number of rotatable bonds is 4. The van der Waals surface area contributed by atoms with Crippen LogP contribution in [0.4, 0.5) is 4.79 Å². The van der Waals surface area contributed by atoms with Crippen molar-refractivity contribution in [3.63, 3.8) is 0 Å². The van der Waals surface area contributed by atoms with Crippen LogP contribution in [0.2, 0.25) is 0 Å². The number of piperazine rings is 1. The van der Waals surface area contributed by atoms with E-state index in [2.05, 4.69) is 17.1 Å². The third-order valence-electron chi connectivity index (χ3n) is 4.34. The van der Waals surface area contributed by atoms with E-state index in [1.165, 1.54) is 0 Å². The van der Waals surface area contributed by atoms with Crippen LogP contribution in [0.3, 0.4) is 0 Å². The molecule has 2 N–H and O–H groups in total. The van der Waals surface area contributed by atoms with Crippen molar-refractivity contribution in [3.8, 4) is 0 Å². The summed E-state index contributed by atoms with van der Waals surface area (Å²) < 4.78 is 0. The van der Waals surface area contributed by atoms with Gasteiger partial charge in [-0.25, -0.2) is 4.79 Å². The van der Waals surface area contributed by atoms with E-state index in [1.807, 2.05) is 4.90 Å². The molecule has 0 aromatic rings. The smallest absolute Gasteiger partial charge is 0.317 e. The molecule has 1 aliphatic heterocycles. The highest BCUT2D eigenvalue weighted by Gasteiger charge is 2.35. The molecule has 2 unspecified atom stereocenters. The number of amides is 2. The van der Waals surface area contributed by atoms with Crippen LogP contribution in [0.25, 0.3) is 0 Å². The summed E-state index contributed by atoms with van der Waals surface area (Å²) >= 11 is 0. The Labute approximate surface area is 120 Å². The lowest BCUT2D eigenvalue weighted by molar-refractivity contribution is -0.142. The molecular weight excluding hydrogens is 258 g/mol. The molecule has 20 heavy (non-hydrogen) atoms. The number of nitrogens with zero attached hydrogens (tertiary/aromatic N) is 2. The molecule has 114 valence electrons. The molecular formula is C14H25N3O3. The van der Waals surface area contributed by atoms with E-state index in [-0.39, 0.29) is 12.1 Å². The van der Waals surface area contributed by atoms with Gasteiger partial charge in [0, 0.05) is 32.2 Å². The fourth-order valence-electron chi connectivity index (χ4n) is 3.17. The molecule has 0 bridgehead atoms. The topological polar surface area (TPSA) is 72.9 Å². The van der Waals surface area contributed by atoms with Crippen molar-refractivity contribution < 1.29 is 14.7 Å². The van der Waals surface area contributed by atoms with Gasteiger partial charge in [-0.1, -0.05) is 13.3 Å². The van der Waals surface area contributed by atoms with Gasteiger partial charge in [-0.15, -0.1) is 0 Å². The lowest BCUT2D eigenvalue weighted by Crippen LogP contribution is -2.54. The van der Waals surface area contributed by atoms with Crippen molar-refractivity contribution in [3.05, 3.63) is 0 Å². The second-order valence-electron chi connectivity index (χ2n) is 5.76. The maximum atomic E-state index is 12.2. The highest BCUT2D eigenvalue weighted by Crippen LogP contribution is 2.26. The summed E-state index contributed by atoms with van der Waals surface area (Å²) in [4.78, 5) is 27.5. The van der Waals surface area contributed by atoms with Gasteiger partial charge >= 0.3 is 12.0 Å². The van der Waals surface area contributed by atoms with Crippen molar-refractivity contribution >= 4 is 12.0 Å². The first kappa shape index (κ1) is 15.1. The lowest BCUT2D eigenvalue weighted by atomic mass is 10.0. The summed E-state index contributed by atoms with van der Waals surface area (Å²) in [6, 6.07) is -0.298. The highest BCUT2D eigenvalue weighted by molar-refractivity contribution is 5.77. The van der Waals surface area contributed by atoms with Crippen LogP contribution in [0.15, 0.2) is 0 Å². The Morgan fingerprint density at radius 2 is 1.90 bits per heavy atom. The Morgan fingerprint density at radius 1 is 1.20 bits per heavy atom. The minimum absolute atomic E-state index is 0.0979. The zero-order chi connectivity index (χ0) is 14.5. The normalized spacial score (nSPS) is 27.6. The second kappa shape index (κ2) is 6.92. The highest BCUT2D eigenvalue weighted by atomic mass is 16.4. The van der Waals surface area contributed by atoms with E-state index in [4.69, 9.17) is 5.11 Å². The van der Waals surface area contributed by atoms with E-state index in [1.54, 1.807) is 0 Å². The zero-order valence-electron chi connectivity index (χ0n) is 12.2. The summed E-state index contributed by atoms with van der Waals surface area (Å²) in [5.74, 6) is -1.21. The third-order valence-corrected chi connectivity index (χ3v) is 4.34. The number of carboxylic acids is 1. The summed E-state index contributed by atoms with van der Waals surface area (Å²) in [6.07, 6.45) is 3.46. The summed E-state index contributed by atoms with van der Waals surface area (Å²) in [5, 5.41) is 12.0. The van der Waals surface area contributed by atoms with Gasteiger partial charge in [0.1, 0.15) is 0 Å². The van der Waals surface area contributed by atoms with Gasteiger partial charge in [-0.2, -0.15) is 0 Å². The van der Waals surface area contributed by atoms with Crippen LogP contribution in [-0.4, -0.2) is 65.7 Å². The van der Waals surface area contributed by atoms with Crippen molar-refractivity contribution in [2.24, 2.45) is 5.92 Å². The van der Waals surface area contributed by atoms with Crippen LogP contribution in [-0.2, 0) is 4.79 Å². The Balaban J connectivity index is 1.79. The summed E-state index contributed by atoms with van der Waals surface area (Å²) in [6.45, 7) is 6.53. The second-order valence-corrected chi connectivity index (χ2v) is 5.76. The lowest BCUT2D eigenvalue weighted by Gasteiger charge is -2.35. The largest absolute Gasteiger partial charge is 0.481 e. The quantitative estimate of drug-likeness (QED) is 0.806. The number of carboxylic acid groups (broad SMARTS) is 1. The molecule has 0 aromatic carbocycles. The van der Waals surface area contributed by atoms with Crippen molar-refractivity contribution in [1.82, 2.24) is 15.1 Å². The predicted molar refractivity (Wildman–Crippen MR) is 75.6 cm³/mol. The van der Waals surface area contributed by atoms with Crippen LogP contribution < -0.4 is 5.32 Å². The molecule has 6 nitrogen and oxygen atoms in total. The van der Waals surface area contributed by atoms with Crippen LogP contribution in [0, 0.1) is 5.92 Å². The Bertz CT molecular complexity index is 354. The molecule has 6 heteroatoms. The Hall–Kier alpha value is -1.30. The van der Waals surface area contributed by atoms with E-state index < -0.39 is 11.9 Å². The molecule has 2 aliphatic rings. The molecule has 2 fully saturated rings. The maximum absolute atomic E-state index is 12.2. The van der Waals surface area contributed by atoms with Crippen LogP contribution in [0.1, 0.15) is 32.6 Å². The fourth-order valence-corrected chi connectivity index (χ4v) is 3.17. The molecule has 1 aliphatic carbocycles. The van der Waals surface area contributed by atoms with Crippen molar-refractivity contribution in [2.75, 3.05) is 32.7 Å². The summed E-state index contributed by atoms with van der Waals surface area (Å²) in [5.41, 5.74) is 0. The number of carbonyl (C=O) groups excluding carboxylic acids is 1. The molecule has 2 amide bonds. The standard InChI is InChI=1S/C14H25N3O3/c1-2-6-16-7-9-17(10-8-16)14(20)15-12-5-3-4-11(12)13(18)19/h11-12H,2-10H2,1H3,(H,15,20)(H,18,19). The number of aliphatic carboxylic acids is 1. The predicted octanol–water partition coefficient (Wildman–Crippen LogP) is 0.977. The van der Waals surface area contributed by atoms with Gasteiger partial charge < -0.3 is 15.3 Å². The van der Waals surface area contributed by atoms with Gasteiger partial charge in [0.25, 0.3) is 0 Å². The van der Waals surface area contributed by atoms with Gasteiger partial charge in [0.2, 0.25) is 0 Å². The van der Waals surface area contributed by atoms with Gasteiger partial charge in [-0.05, 0) is 25.8 Å². The molecule has 0 aromatic heterocycles. The first-order valence-electron chi connectivity index (χ1n) is 7.62. The Morgan fingerprint density at radius 3 is 2.50 bits per heavy atom. The number of nitrogens with one attached hydrogen (secondary N) is 1. The van der Waals surface area contributed by atoms with Gasteiger partial charge in [0.05, 0.1) is 5.92 Å². The fraction of sp³-hybridized carbons (Fsp3) is 0.857. The molecule has 1 saturated heterocycles. The number of urea groups is 1. The molecule has 1 saturated carbocycles. The number of hydrogen-bond acceptors (Lipinski definition) is 3. The summed E-state index contributed by atoms with van der Waals surface area (Å²) in [7, 11) is 0.